The van der Waals surface area contributed by atoms with Gasteiger partial charge in [-0.15, -0.1) is 0 Å². The zero-order chi connectivity index (χ0) is 40.9. The molecule has 7 atom stereocenters. The Morgan fingerprint density at radius 2 is 1.51 bits per heavy atom. The molecule has 1 heterocycles. The molecule has 306 valence electrons. The van der Waals surface area contributed by atoms with Crippen LogP contribution in [0.4, 0.5) is 10.1 Å². The minimum atomic E-state index is -1.71. The lowest BCUT2D eigenvalue weighted by Crippen LogP contribution is -2.55. The van der Waals surface area contributed by atoms with Crippen LogP contribution in [0.5, 0.6) is 5.75 Å². The van der Waals surface area contributed by atoms with Gasteiger partial charge in [0.2, 0.25) is 11.8 Å². The number of carbonyl (C=O) groups is 2. The summed E-state index contributed by atoms with van der Waals surface area (Å²) in [6.07, 6.45) is -4.96. The van der Waals surface area contributed by atoms with Crippen molar-refractivity contribution < 1.29 is 49.4 Å². The van der Waals surface area contributed by atoms with E-state index in [9.17, 15) is 39.5 Å². The number of aliphatic hydroxyl groups excluding tert-OH is 6. The normalized spacial score (nSPS) is 18.1. The van der Waals surface area contributed by atoms with Crippen molar-refractivity contribution in [2.45, 2.75) is 81.8 Å². The van der Waals surface area contributed by atoms with E-state index in [-0.39, 0.29) is 42.6 Å². The van der Waals surface area contributed by atoms with Gasteiger partial charge in [0, 0.05) is 31.7 Å². The first-order valence-electron chi connectivity index (χ1n) is 19.3. The summed E-state index contributed by atoms with van der Waals surface area (Å²) in [7, 11) is 1.59. The van der Waals surface area contributed by atoms with E-state index in [4.69, 9.17) is 9.84 Å². The van der Waals surface area contributed by atoms with E-state index in [2.05, 4.69) is 5.32 Å². The van der Waals surface area contributed by atoms with Crippen LogP contribution in [0.2, 0.25) is 0 Å². The van der Waals surface area contributed by atoms with E-state index in [0.717, 1.165) is 16.7 Å². The molecule has 0 bridgehead atoms. The lowest BCUT2D eigenvalue weighted by molar-refractivity contribution is -0.131. The van der Waals surface area contributed by atoms with Crippen LogP contribution in [0, 0.1) is 11.7 Å². The number of nitrogens with one attached hydrogen (secondary N) is 1. The number of nitrogens with zero attached hydrogens (tertiary/aromatic N) is 2. The van der Waals surface area contributed by atoms with Crippen molar-refractivity contribution in [1.29, 1.82) is 0 Å². The standard InChI is InChI=1S/C44H54FN3O9/c1-57-35-20-14-32(15-21-35)41-36(22-23-37(50)31-12-16-33(45)17-13-31)44(56)48(41)34-18-10-29(11-19-34)25-46-40(53)9-5-6-24-47(26-30-7-3-2-4-8-30)27-38(51)42(54)43(55)39(52)28-49/h2-4,7-8,10-21,36-39,41-43,49-52,54-55H,5-6,9,22-28H2,1H3,(H,46,53). The summed E-state index contributed by atoms with van der Waals surface area (Å²) in [5, 5.41) is 63.5. The third kappa shape index (κ3) is 11.9. The predicted molar refractivity (Wildman–Crippen MR) is 212 cm³/mol. The molecule has 0 saturated carbocycles. The Kier molecular flexibility index (Phi) is 16.1. The van der Waals surface area contributed by atoms with Gasteiger partial charge in [0.05, 0.1) is 37.9 Å². The topological polar surface area (TPSA) is 183 Å². The van der Waals surface area contributed by atoms with Crippen LogP contribution in [0.25, 0.3) is 0 Å². The summed E-state index contributed by atoms with van der Waals surface area (Å²) in [5.41, 5.74) is 4.07. The maximum atomic E-state index is 13.6. The number of hydrogen-bond donors (Lipinski definition) is 7. The highest BCUT2D eigenvalue weighted by Gasteiger charge is 2.48. The van der Waals surface area contributed by atoms with E-state index < -0.39 is 37.1 Å². The van der Waals surface area contributed by atoms with Gasteiger partial charge in [-0.25, -0.2) is 4.39 Å². The molecule has 7 unspecified atom stereocenters. The van der Waals surface area contributed by atoms with Crippen molar-refractivity contribution in [2.24, 2.45) is 5.92 Å². The lowest BCUT2D eigenvalue weighted by atomic mass is 9.78. The number of ether oxygens (including phenoxy) is 1. The number of β-lactam (4-membered cyclic amide) rings is 1. The van der Waals surface area contributed by atoms with Crippen molar-refractivity contribution in [2.75, 3.05) is 31.7 Å². The molecule has 7 N–H and O–H groups in total. The number of anilines is 1. The zero-order valence-corrected chi connectivity index (χ0v) is 32.1. The second kappa shape index (κ2) is 21.1. The Balaban J connectivity index is 1.12. The van der Waals surface area contributed by atoms with Crippen LogP contribution in [0.3, 0.4) is 0 Å². The fourth-order valence-electron chi connectivity index (χ4n) is 7.19. The van der Waals surface area contributed by atoms with E-state index in [1.165, 1.54) is 12.1 Å². The summed E-state index contributed by atoms with van der Waals surface area (Å²) < 4.78 is 18.7. The van der Waals surface area contributed by atoms with Gasteiger partial charge in [-0.05, 0) is 90.9 Å². The average Bonchev–Trinajstić information content (AvgIpc) is 3.23. The largest absolute Gasteiger partial charge is 0.497 e. The second-order valence-electron chi connectivity index (χ2n) is 14.6. The molecule has 1 saturated heterocycles. The number of benzene rings is 4. The quantitative estimate of drug-likeness (QED) is 0.0458. The van der Waals surface area contributed by atoms with Crippen LogP contribution in [-0.2, 0) is 22.7 Å². The van der Waals surface area contributed by atoms with Gasteiger partial charge in [0.15, 0.2) is 0 Å². The smallest absolute Gasteiger partial charge is 0.233 e. The Morgan fingerprint density at radius 3 is 2.16 bits per heavy atom. The fourth-order valence-corrected chi connectivity index (χ4v) is 7.19. The van der Waals surface area contributed by atoms with Crippen molar-refractivity contribution >= 4 is 17.5 Å². The SMILES string of the molecule is COc1ccc(C2C(CCC(O)c3ccc(F)cc3)C(=O)N2c2ccc(CNC(=O)CCCCN(Cc3ccccc3)CC(O)C(O)C(O)C(O)CO)cc2)cc1. The van der Waals surface area contributed by atoms with Crippen LogP contribution in [0.15, 0.2) is 103 Å². The number of halogens is 1. The van der Waals surface area contributed by atoms with Gasteiger partial charge in [0.25, 0.3) is 0 Å². The lowest BCUT2D eigenvalue weighted by Gasteiger charge is -2.48. The van der Waals surface area contributed by atoms with E-state index in [1.807, 2.05) is 83.8 Å². The molecule has 4 aromatic carbocycles. The minimum absolute atomic E-state index is 0.00136. The van der Waals surface area contributed by atoms with Gasteiger partial charge in [-0.2, -0.15) is 0 Å². The molecule has 0 aliphatic carbocycles. The number of methoxy groups -OCH3 is 1. The highest BCUT2D eigenvalue weighted by atomic mass is 19.1. The number of rotatable bonds is 22. The average molecular weight is 788 g/mol. The van der Waals surface area contributed by atoms with Gasteiger partial charge in [-0.3, -0.25) is 14.5 Å². The Morgan fingerprint density at radius 1 is 0.842 bits per heavy atom. The first kappa shape index (κ1) is 43.4. The van der Waals surface area contributed by atoms with E-state index in [0.29, 0.717) is 62.3 Å². The van der Waals surface area contributed by atoms with Crippen molar-refractivity contribution in [3.63, 3.8) is 0 Å². The first-order valence-corrected chi connectivity index (χ1v) is 19.3. The molecule has 1 aliphatic heterocycles. The van der Waals surface area contributed by atoms with Crippen molar-refractivity contribution in [3.8, 4) is 5.75 Å². The minimum Gasteiger partial charge on any atom is -0.497 e. The van der Waals surface area contributed by atoms with Gasteiger partial charge in [-0.1, -0.05) is 66.7 Å². The summed E-state index contributed by atoms with van der Waals surface area (Å²) >= 11 is 0. The molecule has 57 heavy (non-hydrogen) atoms. The molecule has 0 aromatic heterocycles. The maximum absolute atomic E-state index is 13.6. The molecule has 1 aliphatic rings. The number of hydrogen-bond acceptors (Lipinski definition) is 10. The van der Waals surface area contributed by atoms with Crippen molar-refractivity contribution in [3.05, 3.63) is 131 Å². The molecule has 0 radical (unpaired) electrons. The summed E-state index contributed by atoms with van der Waals surface area (Å²) in [6, 6.07) is 30.0. The summed E-state index contributed by atoms with van der Waals surface area (Å²) in [5.74, 6) is -0.244. The Labute approximate surface area is 332 Å². The molecule has 1 fully saturated rings. The van der Waals surface area contributed by atoms with Gasteiger partial charge in [0.1, 0.15) is 29.9 Å². The van der Waals surface area contributed by atoms with Crippen LogP contribution in [0.1, 0.15) is 66.5 Å². The molecule has 12 nitrogen and oxygen atoms in total. The van der Waals surface area contributed by atoms with E-state index in [1.54, 1.807) is 24.1 Å². The first-order chi connectivity index (χ1) is 27.5. The number of carbonyl (C=O) groups excluding carboxylic acids is 2. The molecule has 5 rings (SSSR count). The molecule has 4 aromatic rings. The van der Waals surface area contributed by atoms with Crippen molar-refractivity contribution in [1.82, 2.24) is 10.2 Å². The highest BCUT2D eigenvalue weighted by molar-refractivity contribution is 6.03. The van der Waals surface area contributed by atoms with Crippen LogP contribution in [-0.4, -0.2) is 98.6 Å². The van der Waals surface area contributed by atoms with Gasteiger partial charge < -0.3 is 45.6 Å². The Hall–Kier alpha value is -4.73. The molecule has 2 amide bonds. The molecule has 13 heteroatoms. The number of unbranched alkanes of at least 4 members (excludes halogenated alkanes) is 1. The van der Waals surface area contributed by atoms with E-state index >= 15 is 0 Å². The second-order valence-corrected chi connectivity index (χ2v) is 14.6. The van der Waals surface area contributed by atoms with Crippen LogP contribution < -0.4 is 15.0 Å². The maximum Gasteiger partial charge on any atom is 0.233 e. The fraction of sp³-hybridized carbons (Fsp3) is 0.409. The molecule has 0 spiro atoms. The van der Waals surface area contributed by atoms with Crippen LogP contribution >= 0.6 is 0 Å². The zero-order valence-electron chi connectivity index (χ0n) is 32.1. The highest BCUT2D eigenvalue weighted by Crippen LogP contribution is 2.46. The summed E-state index contributed by atoms with van der Waals surface area (Å²) in [4.78, 5) is 30.1. The molecular formula is C44H54FN3O9. The van der Waals surface area contributed by atoms with Gasteiger partial charge >= 0.3 is 0 Å². The third-order valence-corrected chi connectivity index (χ3v) is 10.5. The number of amides is 2. The monoisotopic (exact) mass is 787 g/mol. The molecular weight excluding hydrogens is 733 g/mol. The number of aliphatic hydroxyl groups is 6. The predicted octanol–water partition coefficient (Wildman–Crippen LogP) is 3.78. The summed E-state index contributed by atoms with van der Waals surface area (Å²) in [6.45, 7) is 0.489. The Bertz CT molecular complexity index is 1830. The third-order valence-electron chi connectivity index (χ3n) is 10.5.